The van der Waals surface area contributed by atoms with Gasteiger partial charge in [0, 0.05) is 22.9 Å². The quantitative estimate of drug-likeness (QED) is 0.353. The van der Waals surface area contributed by atoms with Crippen molar-refractivity contribution in [1.82, 2.24) is 5.32 Å². The van der Waals surface area contributed by atoms with Gasteiger partial charge in [0.1, 0.15) is 30.7 Å². The number of carbonyl (C=O) groups is 3. The van der Waals surface area contributed by atoms with Gasteiger partial charge in [-0.3, -0.25) is 9.59 Å². The number of carbonyl (C=O) groups excluding carboxylic acids is 3. The number of ether oxygens (including phenoxy) is 3. The van der Waals surface area contributed by atoms with E-state index in [2.05, 4.69) is 5.32 Å². The smallest absolute Gasteiger partial charge is 0.336 e. The molecule has 0 radical (unpaired) electrons. The van der Waals surface area contributed by atoms with Crippen LogP contribution in [0.25, 0.3) is 0 Å². The van der Waals surface area contributed by atoms with Crippen LogP contribution in [0.15, 0.2) is 77.1 Å². The number of hydrogen-bond acceptors (Lipinski definition) is 7. The molecule has 1 heterocycles. The van der Waals surface area contributed by atoms with E-state index in [-0.39, 0.29) is 30.3 Å². The van der Waals surface area contributed by atoms with Crippen LogP contribution in [0.5, 0.6) is 5.75 Å². The van der Waals surface area contributed by atoms with Gasteiger partial charge in [0.15, 0.2) is 5.78 Å². The summed E-state index contributed by atoms with van der Waals surface area (Å²) in [5, 5.41) is 3.18. The third-order valence-electron chi connectivity index (χ3n) is 6.47. The minimum Gasteiger partial charge on any atom is -0.490 e. The molecule has 4 rings (SSSR count). The molecule has 0 saturated carbocycles. The van der Waals surface area contributed by atoms with Gasteiger partial charge in [0.05, 0.1) is 12.7 Å². The molecule has 0 saturated heterocycles. The molecule has 36 heavy (non-hydrogen) atoms. The monoisotopic (exact) mass is 493 g/mol. The molecule has 0 bridgehead atoms. The van der Waals surface area contributed by atoms with E-state index in [0.29, 0.717) is 29.1 Å². The van der Waals surface area contributed by atoms with E-state index < -0.39 is 35.4 Å². The maximum absolute atomic E-state index is 14.3. The highest BCUT2D eigenvalue weighted by molar-refractivity contribution is 6.12. The maximum atomic E-state index is 14.3. The van der Waals surface area contributed by atoms with E-state index in [9.17, 15) is 18.8 Å². The number of halogens is 1. The number of para-hydroxylation sites is 1. The Morgan fingerprint density at radius 3 is 2.53 bits per heavy atom. The topological polar surface area (TPSA) is 90.9 Å². The van der Waals surface area contributed by atoms with Crippen molar-refractivity contribution >= 4 is 17.7 Å². The second-order valence-electron chi connectivity index (χ2n) is 8.89. The van der Waals surface area contributed by atoms with Crippen molar-refractivity contribution < 1.29 is 33.0 Å². The molecule has 0 aromatic heterocycles. The van der Waals surface area contributed by atoms with Crippen LogP contribution in [-0.2, 0) is 23.9 Å². The Hall–Kier alpha value is -3.94. The van der Waals surface area contributed by atoms with Crippen LogP contribution < -0.4 is 10.1 Å². The van der Waals surface area contributed by atoms with E-state index in [1.54, 1.807) is 32.0 Å². The maximum Gasteiger partial charge on any atom is 0.336 e. The summed E-state index contributed by atoms with van der Waals surface area (Å²) in [4.78, 5) is 39.4. The van der Waals surface area contributed by atoms with Gasteiger partial charge in [-0.05, 0) is 49.1 Å². The second kappa shape index (κ2) is 10.8. The number of nitrogens with one attached hydrogen (secondary N) is 1. The normalized spacial score (nSPS) is 21.4. The van der Waals surface area contributed by atoms with E-state index >= 15 is 0 Å². The zero-order valence-electron chi connectivity index (χ0n) is 20.4. The Balaban J connectivity index is 1.64. The molecule has 188 valence electrons. The minimum atomic E-state index is -1.01. The average Bonchev–Trinajstić information content (AvgIpc) is 2.86. The minimum absolute atomic E-state index is 0.0257. The molecule has 3 atom stereocenters. The summed E-state index contributed by atoms with van der Waals surface area (Å²) in [6, 6.07) is 14.9. The lowest BCUT2D eigenvalue weighted by Crippen LogP contribution is -2.43. The van der Waals surface area contributed by atoms with Crippen molar-refractivity contribution in [2.24, 2.45) is 11.8 Å². The highest BCUT2D eigenvalue weighted by Gasteiger charge is 2.47. The van der Waals surface area contributed by atoms with Crippen molar-refractivity contribution in [3.05, 3.63) is 88.5 Å². The standard InChI is InChI=1S/C28H28FNO6/c1-16-14-21-25(26(31)22(16)27(32)34-3)24(18-8-7-9-19(29)15-18)23(17(2)30-21)28(33)36-13-12-35-20-10-5-4-6-11-20/h4-11,15-16,22,24,30H,12-14H2,1-3H3/t16-,22-,24-/m1/s1. The summed E-state index contributed by atoms with van der Waals surface area (Å²) >= 11 is 0. The third-order valence-corrected chi connectivity index (χ3v) is 6.47. The van der Waals surface area contributed by atoms with Crippen LogP contribution in [-0.4, -0.2) is 38.0 Å². The zero-order valence-corrected chi connectivity index (χ0v) is 20.4. The molecule has 7 nitrogen and oxygen atoms in total. The van der Waals surface area contributed by atoms with E-state index in [0.717, 1.165) is 0 Å². The highest BCUT2D eigenvalue weighted by Crippen LogP contribution is 2.45. The first kappa shape index (κ1) is 25.2. The lowest BCUT2D eigenvalue weighted by molar-refractivity contribution is -0.151. The predicted molar refractivity (Wildman–Crippen MR) is 129 cm³/mol. The molecule has 0 spiro atoms. The predicted octanol–water partition coefficient (Wildman–Crippen LogP) is 4.06. The van der Waals surface area contributed by atoms with Gasteiger partial charge in [-0.2, -0.15) is 0 Å². The second-order valence-corrected chi connectivity index (χ2v) is 8.89. The van der Waals surface area contributed by atoms with Gasteiger partial charge in [-0.25, -0.2) is 9.18 Å². The molecular formula is C28H28FNO6. The van der Waals surface area contributed by atoms with Crippen molar-refractivity contribution in [1.29, 1.82) is 0 Å². The van der Waals surface area contributed by atoms with Crippen LogP contribution in [0.4, 0.5) is 4.39 Å². The van der Waals surface area contributed by atoms with Crippen molar-refractivity contribution in [3.8, 4) is 5.75 Å². The molecule has 1 aliphatic heterocycles. The van der Waals surface area contributed by atoms with Gasteiger partial charge < -0.3 is 19.5 Å². The van der Waals surface area contributed by atoms with Crippen molar-refractivity contribution in [2.75, 3.05) is 20.3 Å². The first-order valence-corrected chi connectivity index (χ1v) is 11.7. The molecule has 8 heteroatoms. The van der Waals surface area contributed by atoms with Gasteiger partial charge in [0.2, 0.25) is 0 Å². The summed E-state index contributed by atoms with van der Waals surface area (Å²) in [6.45, 7) is 3.63. The summed E-state index contributed by atoms with van der Waals surface area (Å²) in [5.41, 5.74) is 1.98. The number of dihydropyridines is 1. The number of methoxy groups -OCH3 is 1. The fourth-order valence-corrected chi connectivity index (χ4v) is 4.86. The number of ketones is 1. The van der Waals surface area contributed by atoms with Gasteiger partial charge in [0.25, 0.3) is 0 Å². The fourth-order valence-electron chi connectivity index (χ4n) is 4.86. The number of benzene rings is 2. The Kier molecular flexibility index (Phi) is 7.52. The van der Waals surface area contributed by atoms with Gasteiger partial charge in [-0.1, -0.05) is 37.3 Å². The fraction of sp³-hybridized carbons (Fsp3) is 0.321. The number of rotatable bonds is 7. The highest BCUT2D eigenvalue weighted by atomic mass is 19.1. The zero-order chi connectivity index (χ0) is 25.8. The third kappa shape index (κ3) is 5.03. The number of Topliss-reactive ketones (excluding diaryl/α,β-unsaturated/α-hetero) is 1. The summed E-state index contributed by atoms with van der Waals surface area (Å²) < 4.78 is 30.2. The summed E-state index contributed by atoms with van der Waals surface area (Å²) in [7, 11) is 1.24. The number of esters is 2. The van der Waals surface area contributed by atoms with Gasteiger partial charge in [-0.15, -0.1) is 0 Å². The Morgan fingerprint density at radius 1 is 1.08 bits per heavy atom. The first-order chi connectivity index (χ1) is 17.3. The van der Waals surface area contributed by atoms with Crippen LogP contribution in [0.3, 0.4) is 0 Å². The van der Waals surface area contributed by atoms with Crippen LogP contribution in [0.2, 0.25) is 0 Å². The molecule has 2 aromatic carbocycles. The molecular weight excluding hydrogens is 465 g/mol. The van der Waals surface area contributed by atoms with Crippen molar-refractivity contribution in [2.45, 2.75) is 26.2 Å². The SMILES string of the molecule is COC(=O)[C@H]1C(=O)C2=C(C[C@H]1C)NC(C)=C(C(=O)OCCOc1ccccc1)[C@H]2c1cccc(F)c1. The largest absolute Gasteiger partial charge is 0.490 e. The Morgan fingerprint density at radius 2 is 1.83 bits per heavy atom. The summed E-state index contributed by atoms with van der Waals surface area (Å²) in [5.74, 6) is -3.80. The number of hydrogen-bond donors (Lipinski definition) is 1. The van der Waals surface area contributed by atoms with Crippen LogP contribution in [0, 0.1) is 17.7 Å². The van der Waals surface area contributed by atoms with Crippen LogP contribution in [0.1, 0.15) is 31.7 Å². The summed E-state index contributed by atoms with van der Waals surface area (Å²) in [6.07, 6.45) is 0.400. The number of allylic oxidation sites excluding steroid dienone is 3. The first-order valence-electron chi connectivity index (χ1n) is 11.7. The lowest BCUT2D eigenvalue weighted by Gasteiger charge is -2.38. The molecule has 0 unspecified atom stereocenters. The van der Waals surface area contributed by atoms with Crippen molar-refractivity contribution in [3.63, 3.8) is 0 Å². The molecule has 0 fully saturated rings. The van der Waals surface area contributed by atoms with E-state index in [4.69, 9.17) is 14.2 Å². The lowest BCUT2D eigenvalue weighted by atomic mass is 9.69. The van der Waals surface area contributed by atoms with Crippen LogP contribution >= 0.6 is 0 Å². The van der Waals surface area contributed by atoms with E-state index in [1.807, 2.05) is 18.2 Å². The Bertz CT molecular complexity index is 1240. The van der Waals surface area contributed by atoms with E-state index in [1.165, 1.54) is 25.3 Å². The molecule has 2 aromatic rings. The molecule has 1 aliphatic carbocycles. The molecule has 2 aliphatic rings. The molecule has 0 amide bonds. The van der Waals surface area contributed by atoms with Gasteiger partial charge >= 0.3 is 11.9 Å². The average molecular weight is 494 g/mol. The molecule has 1 N–H and O–H groups in total. The Labute approximate surface area is 208 Å².